The number of methoxy groups -OCH3 is 1. The molecular weight excluding hydrogens is 494 g/mol. The van der Waals surface area contributed by atoms with Crippen molar-refractivity contribution >= 4 is 46.1 Å². The first kappa shape index (κ1) is 24.7. The molecule has 192 valence electrons. The van der Waals surface area contributed by atoms with Gasteiger partial charge in [0.15, 0.2) is 10.9 Å². The van der Waals surface area contributed by atoms with Crippen molar-refractivity contribution in [2.75, 3.05) is 44.5 Å². The SMILES string of the molecule is CCOC(=O)c1[nH]cc2c1NC1=C(C(=O)CNC1)C2c1ccc(SC=Nc2cc(OC)ccc2NC)o1. The molecule has 3 aromatic rings. The van der Waals surface area contributed by atoms with Crippen LogP contribution in [0.2, 0.25) is 0 Å². The molecule has 0 bridgehead atoms. The number of hydrogen-bond donors (Lipinski definition) is 4. The molecule has 0 fully saturated rings. The van der Waals surface area contributed by atoms with Gasteiger partial charge in [-0.05, 0) is 43.0 Å². The molecule has 0 aliphatic carbocycles. The van der Waals surface area contributed by atoms with Crippen LogP contribution in [0.15, 0.2) is 62.3 Å². The van der Waals surface area contributed by atoms with Gasteiger partial charge in [0.2, 0.25) is 0 Å². The Kier molecular flexibility index (Phi) is 7.06. The Morgan fingerprint density at radius 3 is 2.95 bits per heavy atom. The summed E-state index contributed by atoms with van der Waals surface area (Å²) >= 11 is 1.32. The van der Waals surface area contributed by atoms with Gasteiger partial charge in [-0.1, -0.05) is 0 Å². The average molecular weight is 522 g/mol. The lowest BCUT2D eigenvalue weighted by molar-refractivity contribution is -0.115. The Morgan fingerprint density at radius 1 is 1.30 bits per heavy atom. The molecular formula is C26H27N5O5S. The molecule has 2 aliphatic rings. The minimum absolute atomic E-state index is 0.0203. The molecule has 5 rings (SSSR count). The topological polar surface area (TPSA) is 130 Å². The van der Waals surface area contributed by atoms with Crippen molar-refractivity contribution in [2.45, 2.75) is 17.9 Å². The largest absolute Gasteiger partial charge is 0.497 e. The van der Waals surface area contributed by atoms with Crippen LogP contribution in [0.1, 0.15) is 34.7 Å². The minimum Gasteiger partial charge on any atom is -0.497 e. The summed E-state index contributed by atoms with van der Waals surface area (Å²) in [5.41, 5.74) is 6.33. The number of fused-ring (bicyclic) bond motifs is 1. The number of carbonyl (C=O) groups is 2. The molecule has 11 heteroatoms. The number of rotatable bonds is 8. The fraction of sp³-hybridized carbons (Fsp3) is 0.269. The van der Waals surface area contributed by atoms with Gasteiger partial charge in [0.05, 0.1) is 48.8 Å². The van der Waals surface area contributed by atoms with Crippen molar-refractivity contribution in [1.29, 1.82) is 0 Å². The maximum absolute atomic E-state index is 13.0. The molecule has 4 N–H and O–H groups in total. The number of aromatic amines is 1. The van der Waals surface area contributed by atoms with Gasteiger partial charge in [0, 0.05) is 42.7 Å². The number of ketones is 1. The molecule has 0 saturated carbocycles. The number of nitrogens with one attached hydrogen (secondary N) is 4. The highest BCUT2D eigenvalue weighted by Gasteiger charge is 2.39. The maximum Gasteiger partial charge on any atom is 0.356 e. The number of Topliss-reactive ketones (excluding diaryl/α,β-unsaturated/α-hetero) is 1. The molecule has 37 heavy (non-hydrogen) atoms. The Hall–Kier alpha value is -3.96. The van der Waals surface area contributed by atoms with Crippen molar-refractivity contribution in [1.82, 2.24) is 10.3 Å². The van der Waals surface area contributed by atoms with E-state index in [1.165, 1.54) is 11.8 Å². The van der Waals surface area contributed by atoms with Crippen LogP contribution in [0.3, 0.4) is 0 Å². The van der Waals surface area contributed by atoms with Crippen LogP contribution in [-0.2, 0) is 9.53 Å². The number of benzene rings is 1. The van der Waals surface area contributed by atoms with Crippen molar-refractivity contribution in [3.63, 3.8) is 0 Å². The Morgan fingerprint density at radius 2 is 2.16 bits per heavy atom. The third kappa shape index (κ3) is 4.75. The first-order chi connectivity index (χ1) is 18.0. The van der Waals surface area contributed by atoms with Crippen LogP contribution >= 0.6 is 11.8 Å². The highest BCUT2D eigenvalue weighted by atomic mass is 32.2. The number of anilines is 2. The van der Waals surface area contributed by atoms with Crippen molar-refractivity contribution in [2.24, 2.45) is 4.99 Å². The fourth-order valence-corrected chi connectivity index (χ4v) is 5.08. The minimum atomic E-state index is -0.459. The zero-order chi connectivity index (χ0) is 25.9. The number of furan rings is 1. The molecule has 1 unspecified atom stereocenters. The summed E-state index contributed by atoms with van der Waals surface area (Å²) in [7, 11) is 3.45. The van der Waals surface area contributed by atoms with Gasteiger partial charge in [0.25, 0.3) is 0 Å². The van der Waals surface area contributed by atoms with Gasteiger partial charge < -0.3 is 34.8 Å². The van der Waals surface area contributed by atoms with Crippen molar-refractivity contribution in [3.8, 4) is 5.75 Å². The summed E-state index contributed by atoms with van der Waals surface area (Å²) in [6.07, 6.45) is 1.73. The van der Waals surface area contributed by atoms with E-state index in [0.717, 1.165) is 22.6 Å². The third-order valence-corrected chi connectivity index (χ3v) is 6.86. The third-order valence-electron chi connectivity index (χ3n) is 6.20. The highest BCUT2D eigenvalue weighted by Crippen LogP contribution is 2.45. The second kappa shape index (κ2) is 10.6. The van der Waals surface area contributed by atoms with Crippen LogP contribution in [-0.4, -0.2) is 56.1 Å². The number of esters is 1. The van der Waals surface area contributed by atoms with Gasteiger partial charge >= 0.3 is 5.97 Å². The van der Waals surface area contributed by atoms with Crippen LogP contribution in [0.25, 0.3) is 0 Å². The van der Waals surface area contributed by atoms with E-state index in [2.05, 4.69) is 25.9 Å². The van der Waals surface area contributed by atoms with Crippen LogP contribution in [0.4, 0.5) is 17.1 Å². The molecule has 1 atom stereocenters. The molecule has 0 saturated heterocycles. The van der Waals surface area contributed by atoms with Gasteiger partial charge in [-0.15, -0.1) is 0 Å². The number of ether oxygens (including phenoxy) is 2. The van der Waals surface area contributed by atoms with Crippen LogP contribution < -0.4 is 20.7 Å². The summed E-state index contributed by atoms with van der Waals surface area (Å²) in [5, 5.41) is 10.1. The first-order valence-electron chi connectivity index (χ1n) is 11.8. The number of aromatic nitrogens is 1. The zero-order valence-corrected chi connectivity index (χ0v) is 21.5. The smallest absolute Gasteiger partial charge is 0.356 e. The number of nitrogens with zero attached hydrogens (tertiary/aromatic N) is 1. The number of thioether (sulfide) groups is 1. The van der Waals surface area contributed by atoms with E-state index in [4.69, 9.17) is 13.9 Å². The number of H-pyrrole nitrogens is 1. The molecule has 10 nitrogen and oxygen atoms in total. The Balaban J connectivity index is 1.45. The van der Waals surface area contributed by atoms with Crippen LogP contribution in [0, 0.1) is 0 Å². The van der Waals surface area contributed by atoms with Crippen molar-refractivity contribution < 1.29 is 23.5 Å². The van der Waals surface area contributed by atoms with Crippen molar-refractivity contribution in [3.05, 3.63) is 64.8 Å². The summed E-state index contributed by atoms with van der Waals surface area (Å²) in [6, 6.07) is 9.32. The lowest BCUT2D eigenvalue weighted by Crippen LogP contribution is -2.39. The van der Waals surface area contributed by atoms with E-state index in [0.29, 0.717) is 40.1 Å². The van der Waals surface area contributed by atoms with Gasteiger partial charge in [0.1, 0.15) is 17.2 Å². The Bertz CT molecular complexity index is 1410. The lowest BCUT2D eigenvalue weighted by atomic mass is 9.82. The molecule has 2 aromatic heterocycles. The summed E-state index contributed by atoms with van der Waals surface area (Å²) in [5.74, 6) is 0.379. The lowest BCUT2D eigenvalue weighted by Gasteiger charge is -2.31. The number of hydrogen-bond acceptors (Lipinski definition) is 10. The van der Waals surface area contributed by atoms with E-state index in [1.54, 1.807) is 25.8 Å². The number of carbonyl (C=O) groups excluding carboxylic acids is 2. The quantitative estimate of drug-likeness (QED) is 0.149. The Labute approximate surface area is 217 Å². The molecule has 0 amide bonds. The predicted molar refractivity (Wildman–Crippen MR) is 142 cm³/mol. The standard InChI is InChI=1S/C26H27N5O5S/c1-4-35-26(33)25-24-15(10-29-25)22(23-18(31-24)11-28-12-19(23)32)20-7-8-21(36-20)37-13-30-17-9-14(34-3)5-6-16(17)27-2/h5-10,13,22,27-29,31H,4,11-12H2,1-3H3. The van der Waals surface area contributed by atoms with E-state index < -0.39 is 11.9 Å². The molecule has 0 radical (unpaired) electrons. The summed E-state index contributed by atoms with van der Waals surface area (Å²) in [6.45, 7) is 2.74. The van der Waals surface area contributed by atoms with E-state index >= 15 is 0 Å². The summed E-state index contributed by atoms with van der Waals surface area (Å²) < 4.78 is 16.7. The molecule has 2 aliphatic heterocycles. The van der Waals surface area contributed by atoms with Gasteiger partial charge in [-0.2, -0.15) is 0 Å². The van der Waals surface area contributed by atoms with Crippen LogP contribution in [0.5, 0.6) is 5.75 Å². The average Bonchev–Trinajstić information content (AvgIpc) is 3.55. The van der Waals surface area contributed by atoms with E-state index in [-0.39, 0.29) is 18.9 Å². The van der Waals surface area contributed by atoms with Gasteiger partial charge in [-0.25, -0.2) is 9.79 Å². The second-order valence-electron chi connectivity index (χ2n) is 8.33. The number of aliphatic imine (C=N–C) groups is 1. The van der Waals surface area contributed by atoms with E-state index in [1.807, 2.05) is 37.4 Å². The monoisotopic (exact) mass is 521 g/mol. The zero-order valence-electron chi connectivity index (χ0n) is 20.6. The summed E-state index contributed by atoms with van der Waals surface area (Å²) in [4.78, 5) is 33.1. The van der Waals surface area contributed by atoms with Gasteiger partial charge in [-0.3, -0.25) is 4.79 Å². The molecule has 1 aromatic carbocycles. The molecule has 4 heterocycles. The molecule has 0 spiro atoms. The normalized spacial score (nSPS) is 16.8. The maximum atomic E-state index is 13.0. The highest BCUT2D eigenvalue weighted by molar-refractivity contribution is 8.12. The first-order valence-corrected chi connectivity index (χ1v) is 12.7. The fourth-order valence-electron chi connectivity index (χ4n) is 4.52. The van der Waals surface area contributed by atoms with E-state index in [9.17, 15) is 9.59 Å². The second-order valence-corrected chi connectivity index (χ2v) is 9.18. The predicted octanol–water partition coefficient (Wildman–Crippen LogP) is 4.27.